The number of anilines is 1. The van der Waals surface area contributed by atoms with E-state index in [0.29, 0.717) is 25.1 Å². The molecule has 3 aromatic rings. The summed E-state index contributed by atoms with van der Waals surface area (Å²) >= 11 is 12.4. The van der Waals surface area contributed by atoms with Crippen LogP contribution in [0.4, 0.5) is 14.9 Å². The molecule has 10 nitrogen and oxygen atoms in total. The van der Waals surface area contributed by atoms with Gasteiger partial charge in [-0.3, -0.25) is 9.59 Å². The highest BCUT2D eigenvalue weighted by molar-refractivity contribution is 6.33. The fourth-order valence-electron chi connectivity index (χ4n) is 4.98. The van der Waals surface area contributed by atoms with E-state index in [4.69, 9.17) is 27.9 Å². The minimum Gasteiger partial charge on any atom is -0.444 e. The number of ether oxygens (including phenoxy) is 1. The van der Waals surface area contributed by atoms with Gasteiger partial charge in [0.2, 0.25) is 5.91 Å². The van der Waals surface area contributed by atoms with Crippen molar-refractivity contribution in [2.24, 2.45) is 0 Å². The van der Waals surface area contributed by atoms with Crippen molar-refractivity contribution in [3.05, 3.63) is 75.8 Å². The van der Waals surface area contributed by atoms with Gasteiger partial charge in [0, 0.05) is 18.8 Å². The molecule has 0 unspecified atom stereocenters. The zero-order valence-corrected chi connectivity index (χ0v) is 27.1. The minimum absolute atomic E-state index is 0.0307. The van der Waals surface area contributed by atoms with Gasteiger partial charge in [-0.05, 0) is 69.9 Å². The summed E-state index contributed by atoms with van der Waals surface area (Å²) in [6.45, 7) is 6.11. The average molecular weight is 662 g/mol. The molecule has 2 atom stereocenters. The van der Waals surface area contributed by atoms with E-state index in [1.807, 2.05) is 24.3 Å². The van der Waals surface area contributed by atoms with E-state index >= 15 is 0 Å². The Morgan fingerprint density at radius 2 is 1.87 bits per heavy atom. The third kappa shape index (κ3) is 9.58. The van der Waals surface area contributed by atoms with Crippen molar-refractivity contribution in [2.75, 3.05) is 18.4 Å². The first-order chi connectivity index (χ1) is 21.4. The van der Waals surface area contributed by atoms with Crippen molar-refractivity contribution in [1.29, 1.82) is 0 Å². The maximum atomic E-state index is 14.6. The lowest BCUT2D eigenvalue weighted by atomic mass is 9.98. The summed E-state index contributed by atoms with van der Waals surface area (Å²) in [6, 6.07) is 11.0. The molecule has 1 aliphatic heterocycles. The van der Waals surface area contributed by atoms with Crippen LogP contribution < -0.4 is 21.3 Å². The van der Waals surface area contributed by atoms with Gasteiger partial charge >= 0.3 is 6.09 Å². The van der Waals surface area contributed by atoms with Crippen molar-refractivity contribution in [2.45, 2.75) is 77.0 Å². The zero-order valence-electron chi connectivity index (χ0n) is 25.6. The topological polar surface area (TPSA) is 126 Å². The number of carbonyl (C=O) groups excluding carboxylic acids is 3. The molecule has 242 valence electrons. The third-order valence-corrected chi connectivity index (χ3v) is 7.84. The van der Waals surface area contributed by atoms with Gasteiger partial charge in [0.05, 0.1) is 22.8 Å². The second-order valence-electron chi connectivity index (χ2n) is 11.9. The highest BCUT2D eigenvalue weighted by Crippen LogP contribution is 2.28. The summed E-state index contributed by atoms with van der Waals surface area (Å²) in [6.07, 6.45) is 5.21. The van der Waals surface area contributed by atoms with Gasteiger partial charge in [-0.25, -0.2) is 13.9 Å². The van der Waals surface area contributed by atoms with Gasteiger partial charge < -0.3 is 26.0 Å². The van der Waals surface area contributed by atoms with Crippen LogP contribution in [0.3, 0.4) is 0 Å². The first-order valence-corrected chi connectivity index (χ1v) is 15.8. The summed E-state index contributed by atoms with van der Waals surface area (Å²) in [5, 5.41) is 16.1. The number of carbonyl (C=O) groups is 3. The first kappa shape index (κ1) is 34.1. The quantitative estimate of drug-likeness (QED) is 0.237. The van der Waals surface area contributed by atoms with E-state index in [2.05, 4.69) is 26.4 Å². The normalized spacial score (nSPS) is 17.8. The molecule has 0 radical (unpaired) electrons. The van der Waals surface area contributed by atoms with Gasteiger partial charge in [0.15, 0.2) is 5.82 Å². The molecular formula is C32H39Cl2FN6O4. The monoisotopic (exact) mass is 660 g/mol. The third-order valence-electron chi connectivity index (χ3n) is 7.19. The van der Waals surface area contributed by atoms with Crippen LogP contribution in [-0.4, -0.2) is 52.4 Å². The van der Waals surface area contributed by atoms with Crippen LogP contribution in [0, 0.1) is 5.82 Å². The van der Waals surface area contributed by atoms with Crippen molar-refractivity contribution >= 4 is 46.8 Å². The summed E-state index contributed by atoms with van der Waals surface area (Å²) < 4.78 is 21.1. The number of halogens is 3. The second kappa shape index (κ2) is 15.4. The molecule has 0 spiro atoms. The van der Waals surface area contributed by atoms with Crippen LogP contribution in [0.5, 0.6) is 0 Å². The van der Waals surface area contributed by atoms with Crippen molar-refractivity contribution in [3.8, 4) is 5.69 Å². The molecule has 13 heteroatoms. The molecule has 1 aliphatic rings. The molecular weight excluding hydrogens is 622 g/mol. The van der Waals surface area contributed by atoms with Crippen LogP contribution >= 0.6 is 23.2 Å². The van der Waals surface area contributed by atoms with E-state index in [1.54, 1.807) is 26.8 Å². The van der Waals surface area contributed by atoms with Crippen LogP contribution in [0.1, 0.15) is 81.3 Å². The molecule has 4 N–H and O–H groups in total. The number of benzene rings is 2. The predicted octanol–water partition coefficient (Wildman–Crippen LogP) is 6.56. The fraction of sp³-hybridized carbons (Fsp3) is 0.438. The predicted molar refractivity (Wildman–Crippen MR) is 173 cm³/mol. The lowest BCUT2D eigenvalue weighted by Crippen LogP contribution is -2.43. The minimum atomic E-state index is -0.695. The Morgan fingerprint density at radius 3 is 2.64 bits per heavy atom. The molecule has 0 saturated carbocycles. The van der Waals surface area contributed by atoms with Gasteiger partial charge in [-0.15, -0.1) is 0 Å². The van der Waals surface area contributed by atoms with Gasteiger partial charge in [0.25, 0.3) is 5.91 Å². The molecule has 1 aromatic heterocycles. The lowest BCUT2D eigenvalue weighted by molar-refractivity contribution is -0.122. The first-order valence-electron chi connectivity index (χ1n) is 15.0. The number of hydrogen-bond acceptors (Lipinski definition) is 6. The number of alkyl carbamates (subject to hydrolysis) is 1. The summed E-state index contributed by atoms with van der Waals surface area (Å²) in [5.74, 6) is -1.32. The van der Waals surface area contributed by atoms with E-state index in [9.17, 15) is 18.8 Å². The van der Waals surface area contributed by atoms with Crippen molar-refractivity contribution in [3.63, 3.8) is 0 Å². The van der Waals surface area contributed by atoms with Crippen LogP contribution in [0.25, 0.3) is 5.69 Å². The van der Waals surface area contributed by atoms with Crippen molar-refractivity contribution in [1.82, 2.24) is 25.7 Å². The Bertz CT molecular complexity index is 1510. The summed E-state index contributed by atoms with van der Waals surface area (Å²) in [7, 11) is 0. The average Bonchev–Trinajstić information content (AvgIpc) is 3.36. The van der Waals surface area contributed by atoms with Crippen LogP contribution in [-0.2, 0) is 9.53 Å². The number of fused-ring (bicyclic) bond motifs is 2. The highest BCUT2D eigenvalue weighted by Gasteiger charge is 2.24. The maximum Gasteiger partial charge on any atom is 0.407 e. The maximum absolute atomic E-state index is 14.6. The van der Waals surface area contributed by atoms with Gasteiger partial charge in [0.1, 0.15) is 22.5 Å². The molecule has 3 amide bonds. The number of hydrogen-bond donors (Lipinski definition) is 4. The number of aromatic nitrogens is 2. The fourth-order valence-corrected chi connectivity index (χ4v) is 5.42. The van der Waals surface area contributed by atoms with E-state index < -0.39 is 29.5 Å². The molecule has 2 bridgehead atoms. The number of amides is 3. The SMILES string of the molecule is CC(C)(C)OC(=O)NCC[C@@H]1Nc2cccc(c2)[C@@H](NC(=O)c2cnn(-c3cccc(Cl)c3F)c2Cl)CCCCCCNC1=O. The number of nitrogens with one attached hydrogen (secondary N) is 4. The summed E-state index contributed by atoms with van der Waals surface area (Å²) in [5.41, 5.74) is 1.02. The summed E-state index contributed by atoms with van der Waals surface area (Å²) in [4.78, 5) is 38.7. The van der Waals surface area contributed by atoms with Crippen molar-refractivity contribution < 1.29 is 23.5 Å². The molecule has 2 heterocycles. The number of nitrogens with zero attached hydrogens (tertiary/aromatic N) is 2. The number of rotatable bonds is 6. The molecule has 45 heavy (non-hydrogen) atoms. The Balaban J connectivity index is 1.52. The molecule has 2 aromatic carbocycles. The molecule has 4 rings (SSSR count). The van der Waals surface area contributed by atoms with Crippen LogP contribution in [0.15, 0.2) is 48.7 Å². The Labute approximate surface area is 272 Å². The highest BCUT2D eigenvalue weighted by atomic mass is 35.5. The second-order valence-corrected chi connectivity index (χ2v) is 12.7. The van der Waals surface area contributed by atoms with E-state index in [0.717, 1.165) is 35.9 Å². The van der Waals surface area contributed by atoms with Gasteiger partial charge in [-0.2, -0.15) is 5.10 Å². The Morgan fingerprint density at radius 1 is 1.11 bits per heavy atom. The Hall–Kier alpha value is -3.83. The smallest absolute Gasteiger partial charge is 0.407 e. The standard InChI is InChI=1S/C32H39Cl2FN6O4/c1-32(2,3)45-31(44)37-17-15-25-30(43)36-16-7-5-4-6-13-24(20-10-8-11-21(18-20)39-25)40-29(42)22-19-38-41(28(22)34)26-14-9-12-23(33)27(26)35/h8-12,14,18-19,24-25,39H,4-7,13,15-17H2,1-3H3,(H,36,43)(H,37,44)(H,40,42)/t24-,25-/m0/s1. The molecule has 0 saturated heterocycles. The Kier molecular flexibility index (Phi) is 11.7. The van der Waals surface area contributed by atoms with E-state index in [-0.39, 0.29) is 39.9 Å². The van der Waals surface area contributed by atoms with Crippen LogP contribution in [0.2, 0.25) is 10.2 Å². The van der Waals surface area contributed by atoms with Gasteiger partial charge in [-0.1, -0.05) is 60.7 Å². The zero-order chi connectivity index (χ0) is 32.6. The molecule has 0 fully saturated rings. The largest absolute Gasteiger partial charge is 0.444 e. The van der Waals surface area contributed by atoms with E-state index in [1.165, 1.54) is 18.3 Å². The lowest BCUT2D eigenvalue weighted by Gasteiger charge is -2.24. The molecule has 0 aliphatic carbocycles.